The molecule has 1 atom stereocenters. The Morgan fingerprint density at radius 1 is 0.868 bits per heavy atom. The van der Waals surface area contributed by atoms with Crippen LogP contribution in [-0.4, -0.2) is 17.1 Å². The molecule has 1 aliphatic heterocycles. The molecule has 6 nitrogen and oxygen atoms in total. The summed E-state index contributed by atoms with van der Waals surface area (Å²) in [6.45, 7) is 3.53. The van der Waals surface area contributed by atoms with Gasteiger partial charge in [0.05, 0.1) is 5.69 Å². The molecule has 0 aliphatic carbocycles. The van der Waals surface area contributed by atoms with Gasteiger partial charge < -0.3 is 16.1 Å². The minimum atomic E-state index is -0.245. The third-order valence-corrected chi connectivity index (χ3v) is 6.33. The highest BCUT2D eigenvalue weighted by molar-refractivity contribution is 5.99. The fourth-order valence-corrected chi connectivity index (χ4v) is 4.45. The third-order valence-electron chi connectivity index (χ3n) is 6.33. The Bertz CT molecular complexity index is 1430. The van der Waals surface area contributed by atoms with Crippen LogP contribution in [0.15, 0.2) is 121 Å². The van der Waals surface area contributed by atoms with Gasteiger partial charge in [-0.2, -0.15) is 0 Å². The van der Waals surface area contributed by atoms with Crippen molar-refractivity contribution in [3.05, 3.63) is 138 Å². The van der Waals surface area contributed by atoms with Crippen LogP contribution in [0.5, 0.6) is 0 Å². The van der Waals surface area contributed by atoms with E-state index in [1.165, 1.54) is 17.2 Å². The summed E-state index contributed by atoms with van der Waals surface area (Å²) in [4.78, 5) is 16.7. The molecule has 3 aromatic carbocycles. The molecule has 190 valence electrons. The predicted octanol–water partition coefficient (Wildman–Crippen LogP) is 5.83. The molecular weight excluding hydrogens is 470 g/mol. The van der Waals surface area contributed by atoms with Gasteiger partial charge in [-0.3, -0.25) is 4.79 Å². The van der Waals surface area contributed by atoms with E-state index in [2.05, 4.69) is 94.8 Å². The lowest BCUT2D eigenvalue weighted by Crippen LogP contribution is -2.37. The lowest BCUT2D eigenvalue weighted by molar-refractivity contribution is -0.111. The van der Waals surface area contributed by atoms with Crippen molar-refractivity contribution in [2.45, 2.75) is 25.4 Å². The molecular formula is C32H31N5O. The van der Waals surface area contributed by atoms with Gasteiger partial charge in [0.25, 0.3) is 0 Å². The molecule has 4 N–H and O–H groups in total. The van der Waals surface area contributed by atoms with Crippen molar-refractivity contribution in [2.75, 3.05) is 10.6 Å². The van der Waals surface area contributed by atoms with Gasteiger partial charge in [0.1, 0.15) is 12.0 Å². The molecule has 5 rings (SSSR count). The molecule has 38 heavy (non-hydrogen) atoms. The molecule has 0 bridgehead atoms. The number of hydrogen-bond acceptors (Lipinski definition) is 5. The minimum Gasteiger partial charge on any atom is -0.350 e. The van der Waals surface area contributed by atoms with Gasteiger partial charge in [0, 0.05) is 16.9 Å². The maximum Gasteiger partial charge on any atom is 0.247 e. The summed E-state index contributed by atoms with van der Waals surface area (Å²) in [5, 5.41) is 6.35. The third kappa shape index (κ3) is 6.75. The number of aryl methyl sites for hydroxylation is 1. The molecule has 0 spiro atoms. The van der Waals surface area contributed by atoms with E-state index in [0.29, 0.717) is 5.69 Å². The highest BCUT2D eigenvalue weighted by atomic mass is 16.1. The number of amides is 1. The van der Waals surface area contributed by atoms with Gasteiger partial charge >= 0.3 is 0 Å². The Hall–Kier alpha value is -4.68. The second-order valence-electron chi connectivity index (χ2n) is 9.25. The SMILES string of the molecule is C=CC(=O)Nc1cccc(-c2cc(Cc3ccccc3)cc(NC3C=C(CCc4ccccc4)NN3)n2)c1. The first kappa shape index (κ1) is 25.0. The molecule has 0 saturated carbocycles. The number of hydrogen-bond donors (Lipinski definition) is 4. The van der Waals surface area contributed by atoms with Crippen molar-refractivity contribution in [2.24, 2.45) is 0 Å². The first-order valence-electron chi connectivity index (χ1n) is 12.8. The maximum atomic E-state index is 11.8. The second-order valence-corrected chi connectivity index (χ2v) is 9.25. The quantitative estimate of drug-likeness (QED) is 0.206. The number of aromatic nitrogens is 1. The van der Waals surface area contributed by atoms with Crippen LogP contribution in [0.2, 0.25) is 0 Å². The Morgan fingerprint density at radius 2 is 1.63 bits per heavy atom. The number of carbonyl (C=O) groups is 1. The highest BCUT2D eigenvalue weighted by Gasteiger charge is 2.16. The Labute approximate surface area is 223 Å². The highest BCUT2D eigenvalue weighted by Crippen LogP contribution is 2.26. The van der Waals surface area contributed by atoms with E-state index >= 15 is 0 Å². The maximum absolute atomic E-state index is 11.8. The van der Waals surface area contributed by atoms with Crippen molar-refractivity contribution < 1.29 is 4.79 Å². The van der Waals surface area contributed by atoms with E-state index in [-0.39, 0.29) is 12.1 Å². The molecule has 1 amide bonds. The van der Waals surface area contributed by atoms with Crippen molar-refractivity contribution in [1.82, 2.24) is 15.8 Å². The van der Waals surface area contributed by atoms with Crippen molar-refractivity contribution >= 4 is 17.4 Å². The first-order valence-corrected chi connectivity index (χ1v) is 12.8. The number of pyridine rings is 1. The number of rotatable bonds is 10. The summed E-state index contributed by atoms with van der Waals surface area (Å²) in [5.74, 6) is 0.527. The van der Waals surface area contributed by atoms with Crippen molar-refractivity contribution in [3.63, 3.8) is 0 Å². The molecule has 1 aliphatic rings. The van der Waals surface area contributed by atoms with Crippen LogP contribution in [0.4, 0.5) is 11.5 Å². The predicted molar refractivity (Wildman–Crippen MR) is 154 cm³/mol. The monoisotopic (exact) mass is 501 g/mol. The number of nitrogens with zero attached hydrogens (tertiary/aromatic N) is 1. The smallest absolute Gasteiger partial charge is 0.247 e. The molecule has 0 saturated heterocycles. The van der Waals surface area contributed by atoms with Gasteiger partial charge in [-0.15, -0.1) is 0 Å². The largest absolute Gasteiger partial charge is 0.350 e. The van der Waals surface area contributed by atoms with Gasteiger partial charge in [-0.25, -0.2) is 10.4 Å². The fraction of sp³-hybridized carbons (Fsp3) is 0.125. The number of anilines is 2. The summed E-state index contributed by atoms with van der Waals surface area (Å²) in [5.41, 5.74) is 13.9. The lowest BCUT2D eigenvalue weighted by atomic mass is 10.0. The number of allylic oxidation sites excluding steroid dienone is 1. The number of benzene rings is 3. The van der Waals surface area contributed by atoms with Gasteiger partial charge in [-0.05, 0) is 72.4 Å². The number of nitrogens with one attached hydrogen (secondary N) is 4. The summed E-state index contributed by atoms with van der Waals surface area (Å²) < 4.78 is 0. The Kier molecular flexibility index (Phi) is 7.92. The second kappa shape index (κ2) is 12.0. The summed E-state index contributed by atoms with van der Waals surface area (Å²) in [6, 6.07) is 32.8. The normalized spacial score (nSPS) is 14.3. The van der Waals surface area contributed by atoms with Crippen LogP contribution in [0.25, 0.3) is 11.3 Å². The zero-order valence-corrected chi connectivity index (χ0v) is 21.2. The molecule has 0 radical (unpaired) electrons. The Balaban J connectivity index is 1.37. The average Bonchev–Trinajstić information content (AvgIpc) is 3.40. The number of carbonyl (C=O) groups excluding carboxylic acids is 1. The Morgan fingerprint density at radius 3 is 2.39 bits per heavy atom. The van der Waals surface area contributed by atoms with Crippen molar-refractivity contribution in [1.29, 1.82) is 0 Å². The molecule has 1 aromatic heterocycles. The van der Waals surface area contributed by atoms with E-state index < -0.39 is 0 Å². The van der Waals surface area contributed by atoms with Gasteiger partial charge in [-0.1, -0.05) is 79.4 Å². The van der Waals surface area contributed by atoms with Crippen LogP contribution in [-0.2, 0) is 17.6 Å². The average molecular weight is 502 g/mol. The zero-order chi connectivity index (χ0) is 26.2. The summed E-state index contributed by atoms with van der Waals surface area (Å²) in [6.07, 6.45) is 6.02. The van der Waals surface area contributed by atoms with Crippen LogP contribution < -0.4 is 21.5 Å². The molecule has 6 heteroatoms. The zero-order valence-electron chi connectivity index (χ0n) is 21.2. The fourth-order valence-electron chi connectivity index (χ4n) is 4.45. The molecule has 2 heterocycles. The molecule has 0 fully saturated rings. The van der Waals surface area contributed by atoms with Crippen LogP contribution >= 0.6 is 0 Å². The van der Waals surface area contributed by atoms with E-state index in [9.17, 15) is 4.79 Å². The number of hydrazine groups is 1. The molecule has 1 unspecified atom stereocenters. The van der Waals surface area contributed by atoms with E-state index in [4.69, 9.17) is 4.98 Å². The first-order chi connectivity index (χ1) is 18.6. The van der Waals surface area contributed by atoms with Crippen LogP contribution in [0.1, 0.15) is 23.1 Å². The van der Waals surface area contributed by atoms with Gasteiger partial charge in [0.15, 0.2) is 0 Å². The topological polar surface area (TPSA) is 78.1 Å². The van der Waals surface area contributed by atoms with E-state index in [0.717, 1.165) is 47.6 Å². The standard InChI is InChI=1S/C32H31N5O/c1-2-32(38)33-27-15-9-14-26(21-27)29-19-25(18-24-12-7-4-8-13-24)20-30(34-29)35-31-22-28(36-37-31)17-16-23-10-5-3-6-11-23/h2-15,19-22,31,36-37H,1,16-18H2,(H,33,38)(H,34,35). The summed E-state index contributed by atoms with van der Waals surface area (Å²) in [7, 11) is 0. The van der Waals surface area contributed by atoms with E-state index in [1.54, 1.807) is 0 Å². The van der Waals surface area contributed by atoms with Crippen LogP contribution in [0, 0.1) is 0 Å². The lowest BCUT2D eigenvalue weighted by Gasteiger charge is -2.15. The van der Waals surface area contributed by atoms with Crippen LogP contribution in [0.3, 0.4) is 0 Å². The molecule has 4 aromatic rings. The van der Waals surface area contributed by atoms with Crippen molar-refractivity contribution in [3.8, 4) is 11.3 Å². The van der Waals surface area contributed by atoms with E-state index in [1.807, 2.05) is 36.4 Å². The van der Waals surface area contributed by atoms with Gasteiger partial charge in [0.2, 0.25) is 5.91 Å². The summed E-state index contributed by atoms with van der Waals surface area (Å²) >= 11 is 0. The minimum absolute atomic E-state index is 0.0914.